The quantitative estimate of drug-likeness (QED) is 0.485. The Bertz CT molecular complexity index is 1020. The van der Waals surface area contributed by atoms with Gasteiger partial charge in [0.1, 0.15) is 18.0 Å². The predicted molar refractivity (Wildman–Crippen MR) is 124 cm³/mol. The summed E-state index contributed by atoms with van der Waals surface area (Å²) in [7, 11) is 0. The molecule has 174 valence electrons. The van der Waals surface area contributed by atoms with Gasteiger partial charge in [-0.2, -0.15) is 0 Å². The van der Waals surface area contributed by atoms with Gasteiger partial charge < -0.3 is 9.47 Å². The summed E-state index contributed by atoms with van der Waals surface area (Å²) in [4.78, 5) is 16.9. The van der Waals surface area contributed by atoms with E-state index in [-0.39, 0.29) is 29.6 Å². The Morgan fingerprint density at radius 3 is 2.00 bits per heavy atom. The van der Waals surface area contributed by atoms with E-state index in [0.29, 0.717) is 31.9 Å². The minimum atomic E-state index is -0.294. The maximum atomic E-state index is 13.5. The summed E-state index contributed by atoms with van der Waals surface area (Å²) < 4.78 is 29.0. The number of hydrogen-bond acceptors (Lipinski definition) is 5. The van der Waals surface area contributed by atoms with E-state index in [9.17, 15) is 13.6 Å². The van der Waals surface area contributed by atoms with E-state index < -0.39 is 0 Å². The van der Waals surface area contributed by atoms with Gasteiger partial charge in [-0.15, -0.1) is 10.2 Å². The van der Waals surface area contributed by atoms with Gasteiger partial charge in [0, 0.05) is 32.2 Å². The summed E-state index contributed by atoms with van der Waals surface area (Å²) in [5, 5.41) is 8.80. The summed E-state index contributed by atoms with van der Waals surface area (Å²) in [6, 6.07) is 12.9. The Morgan fingerprint density at radius 1 is 0.939 bits per heavy atom. The summed E-state index contributed by atoms with van der Waals surface area (Å²) in [6.07, 6.45) is 1.68. The van der Waals surface area contributed by atoms with Crippen LogP contribution < -0.4 is 0 Å². The third-order valence-electron chi connectivity index (χ3n) is 5.82. The van der Waals surface area contributed by atoms with Crippen molar-refractivity contribution < 1.29 is 13.6 Å². The van der Waals surface area contributed by atoms with E-state index in [1.807, 2.05) is 23.3 Å². The van der Waals surface area contributed by atoms with Crippen LogP contribution in [0.4, 0.5) is 8.78 Å². The molecule has 2 heterocycles. The van der Waals surface area contributed by atoms with Crippen LogP contribution in [0.2, 0.25) is 0 Å². The minimum Gasteiger partial charge on any atom is -0.339 e. The molecular formula is C24H27F2N5OS. The highest BCUT2D eigenvalue weighted by Gasteiger charge is 2.28. The largest absolute Gasteiger partial charge is 0.339 e. The maximum absolute atomic E-state index is 13.5. The van der Waals surface area contributed by atoms with Crippen molar-refractivity contribution in [2.24, 2.45) is 0 Å². The zero-order chi connectivity index (χ0) is 23.4. The van der Waals surface area contributed by atoms with E-state index in [1.165, 1.54) is 36.0 Å². The first-order chi connectivity index (χ1) is 15.9. The Balaban J connectivity index is 1.41. The Morgan fingerprint density at radius 2 is 1.48 bits per heavy atom. The number of hydrogen-bond donors (Lipinski definition) is 0. The molecule has 33 heavy (non-hydrogen) atoms. The van der Waals surface area contributed by atoms with Crippen LogP contribution in [0.25, 0.3) is 0 Å². The third-order valence-corrected chi connectivity index (χ3v) is 6.77. The molecule has 0 saturated carbocycles. The highest BCUT2D eigenvalue weighted by Crippen LogP contribution is 2.30. The topological polar surface area (TPSA) is 54.3 Å². The van der Waals surface area contributed by atoms with E-state index in [1.54, 1.807) is 30.6 Å². The van der Waals surface area contributed by atoms with Gasteiger partial charge >= 0.3 is 0 Å². The number of carbonyl (C=O) groups excluding carboxylic acids is 1. The number of carbonyl (C=O) groups is 1. The zero-order valence-electron chi connectivity index (χ0n) is 18.7. The van der Waals surface area contributed by atoms with Gasteiger partial charge in [-0.25, -0.2) is 8.78 Å². The van der Waals surface area contributed by atoms with Crippen molar-refractivity contribution in [2.45, 2.75) is 31.1 Å². The first-order valence-electron chi connectivity index (χ1n) is 11.0. The fourth-order valence-corrected chi connectivity index (χ4v) is 4.99. The highest BCUT2D eigenvalue weighted by atomic mass is 32.2. The van der Waals surface area contributed by atoms with E-state index >= 15 is 0 Å². The molecule has 6 nitrogen and oxygen atoms in total. The predicted octanol–water partition coefficient (Wildman–Crippen LogP) is 4.16. The van der Waals surface area contributed by atoms with Crippen LogP contribution >= 0.6 is 11.8 Å². The van der Waals surface area contributed by atoms with Crippen molar-refractivity contribution >= 4 is 17.7 Å². The van der Waals surface area contributed by atoms with Crippen LogP contribution in [-0.2, 0) is 4.79 Å². The van der Waals surface area contributed by atoms with Gasteiger partial charge in [0.05, 0.1) is 11.8 Å². The fraction of sp³-hybridized carbons (Fsp3) is 0.375. The molecule has 9 heteroatoms. The van der Waals surface area contributed by atoms with Crippen molar-refractivity contribution in [1.29, 1.82) is 0 Å². The zero-order valence-corrected chi connectivity index (χ0v) is 19.5. The number of halogens is 2. The minimum absolute atomic E-state index is 0.0677. The molecule has 0 spiro atoms. The van der Waals surface area contributed by atoms with E-state index in [2.05, 4.69) is 15.1 Å². The van der Waals surface area contributed by atoms with Crippen LogP contribution in [0.15, 0.2) is 60.0 Å². The Labute approximate surface area is 196 Å². The second kappa shape index (κ2) is 10.4. The molecule has 1 aliphatic heterocycles. The molecule has 2 aromatic carbocycles. The van der Waals surface area contributed by atoms with E-state index in [4.69, 9.17) is 0 Å². The van der Waals surface area contributed by atoms with Gasteiger partial charge in [0.25, 0.3) is 0 Å². The maximum Gasteiger partial charge on any atom is 0.233 e. The highest BCUT2D eigenvalue weighted by molar-refractivity contribution is 7.99. The number of piperazine rings is 1. The number of rotatable bonds is 7. The molecule has 1 aliphatic rings. The molecule has 3 aromatic rings. The molecule has 0 atom stereocenters. The van der Waals surface area contributed by atoms with Crippen LogP contribution in [0.5, 0.6) is 0 Å². The molecule has 0 radical (unpaired) electrons. The summed E-state index contributed by atoms with van der Waals surface area (Å²) in [5.74, 6) is -0.209. The first kappa shape index (κ1) is 23.4. The molecular weight excluding hydrogens is 444 g/mol. The molecule has 1 saturated heterocycles. The van der Waals surface area contributed by atoms with Gasteiger partial charge in [-0.1, -0.05) is 36.0 Å². The summed E-state index contributed by atoms with van der Waals surface area (Å²) in [6.45, 7) is 6.61. The van der Waals surface area contributed by atoms with Crippen LogP contribution in [0, 0.1) is 11.6 Å². The van der Waals surface area contributed by atoms with Crippen LogP contribution in [-0.4, -0.2) is 62.4 Å². The molecule has 0 N–H and O–H groups in total. The smallest absolute Gasteiger partial charge is 0.233 e. The molecule has 0 unspecified atom stereocenters. The number of thioether (sulfide) groups is 1. The fourth-order valence-electron chi connectivity index (χ4n) is 4.04. The van der Waals surface area contributed by atoms with Gasteiger partial charge in [0.15, 0.2) is 5.16 Å². The number of aromatic nitrogens is 3. The van der Waals surface area contributed by atoms with Crippen molar-refractivity contribution in [1.82, 2.24) is 24.6 Å². The van der Waals surface area contributed by atoms with Crippen molar-refractivity contribution in [3.05, 3.63) is 77.6 Å². The first-order valence-corrected chi connectivity index (χ1v) is 12.0. The molecule has 1 amide bonds. The van der Waals surface area contributed by atoms with Crippen molar-refractivity contribution in [2.75, 3.05) is 31.9 Å². The lowest BCUT2D eigenvalue weighted by Gasteiger charge is -2.39. The van der Waals surface area contributed by atoms with Gasteiger partial charge in [0.2, 0.25) is 5.91 Å². The molecule has 1 fully saturated rings. The third kappa shape index (κ3) is 5.59. The second-order valence-corrected chi connectivity index (χ2v) is 9.27. The monoisotopic (exact) mass is 471 g/mol. The lowest BCUT2D eigenvalue weighted by Crippen LogP contribution is -2.50. The number of nitrogens with zero attached hydrogens (tertiary/aromatic N) is 5. The Kier molecular flexibility index (Phi) is 7.39. The molecule has 0 bridgehead atoms. The number of benzene rings is 2. The van der Waals surface area contributed by atoms with Crippen LogP contribution in [0.3, 0.4) is 0 Å². The number of amides is 1. The molecule has 4 rings (SSSR count). The van der Waals surface area contributed by atoms with Crippen molar-refractivity contribution in [3.63, 3.8) is 0 Å². The summed E-state index contributed by atoms with van der Waals surface area (Å²) in [5.41, 5.74) is 1.87. The lowest BCUT2D eigenvalue weighted by molar-refractivity contribution is -0.130. The molecule has 0 aliphatic carbocycles. The normalized spacial score (nSPS) is 14.9. The average molecular weight is 472 g/mol. The SMILES string of the molecule is CC(C)n1cnnc1SCC(=O)N1CCN(C(c2ccc(F)cc2)c2ccc(F)cc2)CC1. The average Bonchev–Trinajstić information content (AvgIpc) is 3.30. The Hall–Kier alpha value is -2.78. The van der Waals surface area contributed by atoms with E-state index in [0.717, 1.165) is 16.3 Å². The van der Waals surface area contributed by atoms with Crippen LogP contribution in [0.1, 0.15) is 37.1 Å². The standard InChI is InChI=1S/C24H27F2N5OS/c1-17(2)31-16-27-28-24(31)33-15-22(32)29-11-13-30(14-12-29)23(18-3-7-20(25)8-4-18)19-5-9-21(26)10-6-19/h3-10,16-17,23H,11-15H2,1-2H3. The van der Waals surface area contributed by atoms with Crippen molar-refractivity contribution in [3.8, 4) is 0 Å². The molecule has 1 aromatic heterocycles. The summed E-state index contributed by atoms with van der Waals surface area (Å²) >= 11 is 1.40. The second-order valence-electron chi connectivity index (χ2n) is 8.33. The van der Waals surface area contributed by atoms with Gasteiger partial charge in [-0.3, -0.25) is 9.69 Å². The lowest BCUT2D eigenvalue weighted by atomic mass is 9.96. The van der Waals surface area contributed by atoms with Gasteiger partial charge in [-0.05, 0) is 49.2 Å².